The number of aliphatic hydroxyl groups is 1. The van der Waals surface area contributed by atoms with Crippen LogP contribution < -0.4 is 0 Å². The van der Waals surface area contributed by atoms with Gasteiger partial charge in [-0.15, -0.1) is 0 Å². The highest BCUT2D eigenvalue weighted by molar-refractivity contribution is 7.47. The molecular weight excluding hydrogens is 1400 g/mol. The Morgan fingerprint density at radius 1 is 0.259 bits per heavy atom. The van der Waals surface area contributed by atoms with Gasteiger partial charge in [-0.25, -0.2) is 9.13 Å². The lowest BCUT2D eigenvalue weighted by Gasteiger charge is -2.21. The minimum Gasteiger partial charge on any atom is -0.462 e. The minimum atomic E-state index is -5.03. The quantitative estimate of drug-likeness (QED) is 0.0169. The van der Waals surface area contributed by atoms with Crippen LogP contribution in [0.4, 0.5) is 0 Å². The van der Waals surface area contributed by atoms with E-state index in [1.165, 1.54) is 77.0 Å². The molecule has 17 nitrogen and oxygen atoms in total. The van der Waals surface area contributed by atoms with Crippen molar-refractivity contribution in [2.75, 3.05) is 39.6 Å². The summed E-state index contributed by atoms with van der Waals surface area (Å²) in [5.74, 6) is -2.44. The fourth-order valence-corrected chi connectivity index (χ4v) is 11.6. The molecule has 0 bridgehead atoms. The Morgan fingerprint density at radius 2 is 0.481 bits per heavy atom. The van der Waals surface area contributed by atoms with Crippen LogP contribution in [0, 0.1) is 0 Å². The molecule has 3 N–H and O–H groups in total. The summed E-state index contributed by atoms with van der Waals surface area (Å²) < 4.78 is 68.5. The standard InChI is InChI=1S/C89H144O17P2/c1-5-9-13-17-21-25-29-33-37-40-41-44-48-52-56-60-64-68-72-76-89(94)106-85(80-100-87(92)74-70-66-62-58-54-50-46-42-38-34-30-26-22-18-14-10-6-2)82-104-108(97,98)102-78-83(90)77-101-107(95,96)103-81-84(79-99-86(91)73-69-65-61-57-53-49-45-36-32-28-24-20-16-12-8-4)105-88(93)75-71-67-63-59-55-51-47-43-39-35-31-27-23-19-15-11-7-3/h21-28,33-39,41,44-47,50-52,56,58-59,62-64,68,83-85,90H,5-20,29-32,40,42-43,48-49,53-55,57,60-61,65-67,69-82H2,1-4H3,(H,95,96)(H,97,98)/b25-21-,26-22-,27-23-,28-24-,37-33-,38-34-,39-35-,44-41-,45-36-,50-46-,51-47-,56-52-,62-58-,63-59-,68-64-/t83-,84+,85+/m0/s1. The molecule has 0 aliphatic rings. The lowest BCUT2D eigenvalue weighted by atomic mass is 10.1. The Balaban J connectivity index is 5.58. The Bertz CT molecular complexity index is 2760. The molecule has 0 aromatic heterocycles. The van der Waals surface area contributed by atoms with Crippen LogP contribution in [0.5, 0.6) is 0 Å². The summed E-state index contributed by atoms with van der Waals surface area (Å²) in [5, 5.41) is 10.7. The summed E-state index contributed by atoms with van der Waals surface area (Å²) in [6.45, 7) is 4.52. The Hall–Kier alpha value is -5.84. The number of carbonyl (C=O) groups excluding carboxylic acids is 4. The van der Waals surface area contributed by atoms with E-state index in [-0.39, 0.29) is 25.7 Å². The van der Waals surface area contributed by atoms with E-state index in [4.69, 9.17) is 37.0 Å². The highest BCUT2D eigenvalue weighted by Gasteiger charge is 2.30. The van der Waals surface area contributed by atoms with E-state index in [1.54, 1.807) is 0 Å². The number of phosphoric acid groups is 2. The maximum Gasteiger partial charge on any atom is 0.472 e. The van der Waals surface area contributed by atoms with Crippen molar-refractivity contribution in [2.45, 2.75) is 316 Å². The molecule has 2 unspecified atom stereocenters. The van der Waals surface area contributed by atoms with E-state index < -0.39 is 97.5 Å². The van der Waals surface area contributed by atoms with Gasteiger partial charge < -0.3 is 33.8 Å². The van der Waals surface area contributed by atoms with Gasteiger partial charge in [0.15, 0.2) is 12.2 Å². The molecular formula is C89H144O17P2. The smallest absolute Gasteiger partial charge is 0.462 e. The third-order valence-electron chi connectivity index (χ3n) is 16.3. The topological polar surface area (TPSA) is 237 Å². The summed E-state index contributed by atoms with van der Waals surface area (Å²) in [7, 11) is -10.0. The third-order valence-corrected chi connectivity index (χ3v) is 18.2. The van der Waals surface area contributed by atoms with Crippen LogP contribution in [0.1, 0.15) is 297 Å². The van der Waals surface area contributed by atoms with Crippen molar-refractivity contribution in [1.29, 1.82) is 0 Å². The highest BCUT2D eigenvalue weighted by atomic mass is 31.2. The molecule has 0 aromatic rings. The van der Waals surface area contributed by atoms with Crippen molar-refractivity contribution in [2.24, 2.45) is 0 Å². The number of carbonyl (C=O) groups is 4. The van der Waals surface area contributed by atoms with E-state index in [1.807, 2.05) is 42.5 Å². The highest BCUT2D eigenvalue weighted by Crippen LogP contribution is 2.45. The fourth-order valence-electron chi connectivity index (χ4n) is 10.0. The van der Waals surface area contributed by atoms with Crippen molar-refractivity contribution in [1.82, 2.24) is 0 Å². The first kappa shape index (κ1) is 102. The van der Waals surface area contributed by atoms with E-state index >= 15 is 0 Å². The van der Waals surface area contributed by atoms with Crippen molar-refractivity contribution in [3.8, 4) is 0 Å². The van der Waals surface area contributed by atoms with Gasteiger partial charge in [-0.2, -0.15) is 0 Å². The molecule has 5 atom stereocenters. The molecule has 0 aliphatic heterocycles. The van der Waals surface area contributed by atoms with Crippen molar-refractivity contribution >= 4 is 39.5 Å². The third kappa shape index (κ3) is 78.3. The minimum absolute atomic E-state index is 0.00631. The Labute approximate surface area is 654 Å². The maximum atomic E-state index is 13.1. The summed E-state index contributed by atoms with van der Waals surface area (Å²) in [5.41, 5.74) is 0. The second kappa shape index (κ2) is 79.3. The second-order valence-electron chi connectivity index (χ2n) is 26.6. The zero-order valence-corrected chi connectivity index (χ0v) is 68.7. The molecule has 0 saturated carbocycles. The predicted molar refractivity (Wildman–Crippen MR) is 445 cm³/mol. The molecule has 0 rings (SSSR count). The van der Waals surface area contributed by atoms with Gasteiger partial charge in [0.2, 0.25) is 0 Å². The van der Waals surface area contributed by atoms with Gasteiger partial charge in [0.25, 0.3) is 0 Å². The van der Waals surface area contributed by atoms with E-state index in [0.717, 1.165) is 122 Å². The molecule has 0 amide bonds. The average Bonchev–Trinajstić information content (AvgIpc) is 0.903. The number of aliphatic hydroxyl groups excluding tert-OH is 1. The van der Waals surface area contributed by atoms with Crippen LogP contribution in [-0.2, 0) is 65.4 Å². The van der Waals surface area contributed by atoms with Crippen LogP contribution in [0.15, 0.2) is 182 Å². The zero-order chi connectivity index (χ0) is 78.9. The molecule has 19 heteroatoms. The predicted octanol–water partition coefficient (Wildman–Crippen LogP) is 24.3. The Kier molecular flexibility index (Phi) is 75.0. The summed E-state index contributed by atoms with van der Waals surface area (Å²) in [4.78, 5) is 73.0. The summed E-state index contributed by atoms with van der Waals surface area (Å²) in [6.07, 6.45) is 96.1. The molecule has 0 aromatic carbocycles. The van der Waals surface area contributed by atoms with E-state index in [9.17, 15) is 43.2 Å². The number of ether oxygens (including phenoxy) is 4. The molecule has 0 fully saturated rings. The molecule has 108 heavy (non-hydrogen) atoms. The lowest BCUT2D eigenvalue weighted by molar-refractivity contribution is -0.161. The van der Waals surface area contributed by atoms with E-state index in [2.05, 4.69) is 167 Å². The summed E-state index contributed by atoms with van der Waals surface area (Å²) in [6, 6.07) is 0. The molecule has 0 spiro atoms. The summed E-state index contributed by atoms with van der Waals surface area (Å²) >= 11 is 0. The molecule has 0 aliphatic carbocycles. The van der Waals surface area contributed by atoms with Gasteiger partial charge in [-0.1, -0.05) is 281 Å². The van der Waals surface area contributed by atoms with Gasteiger partial charge >= 0.3 is 39.5 Å². The van der Waals surface area contributed by atoms with Gasteiger partial charge in [0.1, 0.15) is 19.3 Å². The maximum absolute atomic E-state index is 13.1. The fraction of sp³-hybridized carbons (Fsp3) is 0.618. The molecule has 0 saturated heterocycles. The van der Waals surface area contributed by atoms with Gasteiger partial charge in [0, 0.05) is 25.7 Å². The van der Waals surface area contributed by atoms with E-state index in [0.29, 0.717) is 44.9 Å². The van der Waals surface area contributed by atoms with Crippen LogP contribution in [0.2, 0.25) is 0 Å². The average molecular weight is 1550 g/mol. The number of rotatable bonds is 75. The number of allylic oxidation sites excluding steroid dienone is 30. The first-order valence-corrected chi connectivity index (χ1v) is 44.0. The first-order chi connectivity index (χ1) is 52.7. The molecule has 0 heterocycles. The van der Waals surface area contributed by atoms with Crippen LogP contribution >= 0.6 is 15.6 Å². The van der Waals surface area contributed by atoms with Gasteiger partial charge in [0.05, 0.1) is 26.4 Å². The number of esters is 4. The normalized spacial score (nSPS) is 14.8. The van der Waals surface area contributed by atoms with Crippen molar-refractivity contribution < 1.29 is 80.2 Å². The number of phosphoric ester groups is 2. The van der Waals surface area contributed by atoms with Crippen LogP contribution in [0.25, 0.3) is 0 Å². The number of hydrogen-bond donors (Lipinski definition) is 3. The molecule has 612 valence electrons. The zero-order valence-electron chi connectivity index (χ0n) is 66.9. The van der Waals surface area contributed by atoms with Gasteiger partial charge in [-0.05, 0) is 173 Å². The largest absolute Gasteiger partial charge is 0.472 e. The lowest BCUT2D eigenvalue weighted by Crippen LogP contribution is -2.30. The number of unbranched alkanes of at least 4 members (excludes halogenated alkanes) is 19. The monoisotopic (exact) mass is 1550 g/mol. The number of hydrogen-bond acceptors (Lipinski definition) is 15. The van der Waals surface area contributed by atoms with Gasteiger partial charge in [-0.3, -0.25) is 37.3 Å². The first-order valence-electron chi connectivity index (χ1n) is 41.0. The van der Waals surface area contributed by atoms with Crippen LogP contribution in [0.3, 0.4) is 0 Å². The Morgan fingerprint density at radius 3 is 0.787 bits per heavy atom. The SMILES string of the molecule is CCCCC/C=C\C/C=C\C/C=C\C/C=C\C/C=C\CCC(=O)O[C@H](COC(=O)CCC/C=C\C/C=C\C/C=C\C/C=C\CCCCC)COP(=O)(O)OC[C@@H](O)COP(=O)(O)OC[C@@H](COC(=O)CCCCCCC/C=C\C/C=C\CCCCC)OC(=O)CCC/C=C\C/C=C\C/C=C\C/C=C\CCCCC. The van der Waals surface area contributed by atoms with Crippen molar-refractivity contribution in [3.63, 3.8) is 0 Å². The van der Waals surface area contributed by atoms with Crippen molar-refractivity contribution in [3.05, 3.63) is 182 Å². The second-order valence-corrected chi connectivity index (χ2v) is 29.5. The molecule has 0 radical (unpaired) electrons. The van der Waals surface area contributed by atoms with Crippen LogP contribution in [-0.4, -0.2) is 96.7 Å².